The summed E-state index contributed by atoms with van der Waals surface area (Å²) in [5.74, 6) is 1.33. The van der Waals surface area contributed by atoms with E-state index in [1.807, 2.05) is 41.3 Å². The van der Waals surface area contributed by atoms with Gasteiger partial charge in [-0.2, -0.15) is 0 Å². The van der Waals surface area contributed by atoms with Crippen LogP contribution in [-0.4, -0.2) is 46.7 Å². The molecule has 0 N–H and O–H groups in total. The molecule has 30 heavy (non-hydrogen) atoms. The summed E-state index contributed by atoms with van der Waals surface area (Å²) in [6, 6.07) is 18.4. The van der Waals surface area contributed by atoms with Gasteiger partial charge in [0.1, 0.15) is 5.82 Å². The van der Waals surface area contributed by atoms with Crippen molar-refractivity contribution in [3.8, 4) is 0 Å². The molecule has 0 fully saturated rings. The van der Waals surface area contributed by atoms with Gasteiger partial charge >= 0.3 is 0 Å². The Hall–Kier alpha value is -2.64. The highest BCUT2D eigenvalue weighted by Crippen LogP contribution is 2.28. The first-order chi connectivity index (χ1) is 14.8. The molecule has 2 heterocycles. The van der Waals surface area contributed by atoms with E-state index in [1.165, 1.54) is 22.9 Å². The minimum Gasteiger partial charge on any atom is -0.383 e. The second-order valence-corrected chi connectivity index (χ2v) is 8.21. The van der Waals surface area contributed by atoms with Gasteiger partial charge in [-0.3, -0.25) is 4.79 Å². The SMILES string of the molecule is COCCn1c(Cc2ccccc2)nnc1SCC(=O)N1CCCc2ccccc21. The number of hydrogen-bond donors (Lipinski definition) is 0. The maximum absolute atomic E-state index is 13.0. The monoisotopic (exact) mass is 422 g/mol. The van der Waals surface area contributed by atoms with Crippen LogP contribution < -0.4 is 4.90 Å². The van der Waals surface area contributed by atoms with Crippen LogP contribution in [0.25, 0.3) is 0 Å². The molecule has 3 aromatic rings. The van der Waals surface area contributed by atoms with Crippen molar-refractivity contribution in [2.24, 2.45) is 0 Å². The topological polar surface area (TPSA) is 60.2 Å². The average Bonchev–Trinajstić information content (AvgIpc) is 3.17. The molecule has 7 heteroatoms. The van der Waals surface area contributed by atoms with Crippen LogP contribution in [0.5, 0.6) is 0 Å². The number of amides is 1. The molecule has 4 rings (SSSR count). The predicted octanol–water partition coefficient (Wildman–Crippen LogP) is 3.59. The van der Waals surface area contributed by atoms with E-state index < -0.39 is 0 Å². The van der Waals surface area contributed by atoms with Gasteiger partial charge in [-0.1, -0.05) is 60.3 Å². The summed E-state index contributed by atoms with van der Waals surface area (Å²) < 4.78 is 7.34. The van der Waals surface area contributed by atoms with Gasteiger partial charge in [-0.05, 0) is 30.0 Å². The first kappa shape index (κ1) is 20.6. The lowest BCUT2D eigenvalue weighted by Gasteiger charge is -2.29. The maximum Gasteiger partial charge on any atom is 0.237 e. The van der Waals surface area contributed by atoms with E-state index in [1.54, 1.807) is 7.11 Å². The fraction of sp³-hybridized carbons (Fsp3) is 0.348. The van der Waals surface area contributed by atoms with Crippen molar-refractivity contribution in [1.82, 2.24) is 14.8 Å². The maximum atomic E-state index is 13.0. The number of carbonyl (C=O) groups is 1. The zero-order valence-corrected chi connectivity index (χ0v) is 18.0. The molecule has 0 unspecified atom stereocenters. The minimum atomic E-state index is 0.109. The number of rotatable bonds is 8. The number of thioether (sulfide) groups is 1. The Morgan fingerprint density at radius 1 is 1.10 bits per heavy atom. The van der Waals surface area contributed by atoms with Gasteiger partial charge in [0.25, 0.3) is 0 Å². The van der Waals surface area contributed by atoms with Crippen molar-refractivity contribution in [2.75, 3.05) is 30.9 Å². The molecule has 0 bridgehead atoms. The van der Waals surface area contributed by atoms with Crippen molar-refractivity contribution in [1.29, 1.82) is 0 Å². The number of ether oxygens (including phenoxy) is 1. The molecule has 0 atom stereocenters. The second-order valence-electron chi connectivity index (χ2n) is 7.27. The molecule has 1 amide bonds. The first-order valence-corrected chi connectivity index (χ1v) is 11.2. The third kappa shape index (κ3) is 4.74. The van der Waals surface area contributed by atoms with Crippen LogP contribution in [-0.2, 0) is 28.9 Å². The van der Waals surface area contributed by atoms with Crippen molar-refractivity contribution < 1.29 is 9.53 Å². The van der Waals surface area contributed by atoms with Crippen LogP contribution in [0.3, 0.4) is 0 Å². The number of methoxy groups -OCH3 is 1. The number of anilines is 1. The first-order valence-electron chi connectivity index (χ1n) is 10.2. The zero-order chi connectivity index (χ0) is 20.8. The highest BCUT2D eigenvalue weighted by molar-refractivity contribution is 7.99. The molecule has 0 radical (unpaired) electrons. The van der Waals surface area contributed by atoms with E-state index in [0.717, 1.165) is 36.1 Å². The van der Waals surface area contributed by atoms with Gasteiger partial charge in [0.2, 0.25) is 5.91 Å². The molecule has 1 aliphatic heterocycles. The fourth-order valence-corrected chi connectivity index (χ4v) is 4.60. The number of aryl methyl sites for hydroxylation is 1. The largest absolute Gasteiger partial charge is 0.383 e. The van der Waals surface area contributed by atoms with Crippen molar-refractivity contribution in [2.45, 2.75) is 31.0 Å². The van der Waals surface area contributed by atoms with E-state index in [2.05, 4.69) is 33.0 Å². The Morgan fingerprint density at radius 2 is 1.90 bits per heavy atom. The molecule has 0 saturated carbocycles. The van der Waals surface area contributed by atoms with Crippen molar-refractivity contribution in [3.63, 3.8) is 0 Å². The number of fused-ring (bicyclic) bond motifs is 1. The standard InChI is InChI=1S/C23H26N4O2S/c1-29-15-14-27-21(16-18-8-3-2-4-9-18)24-25-23(27)30-17-22(28)26-13-7-11-19-10-5-6-12-20(19)26/h2-6,8-10,12H,7,11,13-17H2,1H3. The Balaban J connectivity index is 1.47. The molecular formula is C23H26N4O2S. The summed E-state index contributed by atoms with van der Waals surface area (Å²) in [6.07, 6.45) is 2.73. The predicted molar refractivity (Wildman–Crippen MR) is 119 cm³/mol. The molecule has 0 saturated heterocycles. The number of nitrogens with zero attached hydrogens (tertiary/aromatic N) is 4. The van der Waals surface area contributed by atoms with Crippen LogP contribution in [0.4, 0.5) is 5.69 Å². The van der Waals surface area contributed by atoms with Crippen LogP contribution in [0.1, 0.15) is 23.4 Å². The summed E-state index contributed by atoms with van der Waals surface area (Å²) in [5.41, 5.74) is 3.47. The third-order valence-corrected chi connectivity index (χ3v) is 6.21. The smallest absolute Gasteiger partial charge is 0.237 e. The van der Waals surface area contributed by atoms with Crippen LogP contribution in [0.15, 0.2) is 59.8 Å². The van der Waals surface area contributed by atoms with Crippen LogP contribution in [0, 0.1) is 0 Å². The normalized spacial score (nSPS) is 13.3. The van der Waals surface area contributed by atoms with Crippen molar-refractivity contribution in [3.05, 3.63) is 71.5 Å². The van der Waals surface area contributed by atoms with Gasteiger partial charge in [0.15, 0.2) is 5.16 Å². The number of benzene rings is 2. The fourth-order valence-electron chi connectivity index (χ4n) is 3.74. The van der Waals surface area contributed by atoms with E-state index in [-0.39, 0.29) is 5.91 Å². The van der Waals surface area contributed by atoms with Crippen LogP contribution >= 0.6 is 11.8 Å². The van der Waals surface area contributed by atoms with Gasteiger partial charge in [-0.25, -0.2) is 0 Å². The van der Waals surface area contributed by atoms with E-state index in [4.69, 9.17) is 4.74 Å². The summed E-state index contributed by atoms with van der Waals surface area (Å²) >= 11 is 1.45. The lowest BCUT2D eigenvalue weighted by molar-refractivity contribution is -0.116. The summed E-state index contributed by atoms with van der Waals surface area (Å²) in [6.45, 7) is 2.00. The van der Waals surface area contributed by atoms with Gasteiger partial charge in [0.05, 0.1) is 12.4 Å². The Bertz CT molecular complexity index is 990. The van der Waals surface area contributed by atoms with E-state index in [9.17, 15) is 4.79 Å². The molecule has 2 aromatic carbocycles. The second kappa shape index (κ2) is 9.91. The Morgan fingerprint density at radius 3 is 2.73 bits per heavy atom. The number of carbonyl (C=O) groups excluding carboxylic acids is 1. The van der Waals surface area contributed by atoms with Gasteiger partial charge in [-0.15, -0.1) is 10.2 Å². The lowest BCUT2D eigenvalue weighted by Crippen LogP contribution is -2.36. The van der Waals surface area contributed by atoms with Crippen molar-refractivity contribution >= 4 is 23.4 Å². The minimum absolute atomic E-state index is 0.109. The summed E-state index contributed by atoms with van der Waals surface area (Å²) in [5, 5.41) is 9.54. The number of hydrogen-bond acceptors (Lipinski definition) is 5. The molecule has 6 nitrogen and oxygen atoms in total. The quantitative estimate of drug-likeness (QED) is 0.519. The average molecular weight is 423 g/mol. The molecule has 0 spiro atoms. The van der Waals surface area contributed by atoms with E-state index in [0.29, 0.717) is 25.3 Å². The highest BCUT2D eigenvalue weighted by Gasteiger charge is 2.23. The number of para-hydroxylation sites is 1. The highest BCUT2D eigenvalue weighted by atomic mass is 32.2. The third-order valence-electron chi connectivity index (χ3n) is 5.25. The Kier molecular flexibility index (Phi) is 6.81. The zero-order valence-electron chi connectivity index (χ0n) is 17.2. The summed E-state index contributed by atoms with van der Waals surface area (Å²) in [7, 11) is 1.69. The molecular weight excluding hydrogens is 396 g/mol. The molecule has 1 aromatic heterocycles. The summed E-state index contributed by atoms with van der Waals surface area (Å²) in [4.78, 5) is 14.9. The van der Waals surface area contributed by atoms with E-state index >= 15 is 0 Å². The Labute approximate surface area is 181 Å². The molecule has 0 aliphatic carbocycles. The molecule has 156 valence electrons. The lowest BCUT2D eigenvalue weighted by atomic mass is 10.0. The molecule has 1 aliphatic rings. The number of aromatic nitrogens is 3. The van der Waals surface area contributed by atoms with Gasteiger partial charge < -0.3 is 14.2 Å². The van der Waals surface area contributed by atoms with Crippen LogP contribution in [0.2, 0.25) is 0 Å². The van der Waals surface area contributed by atoms with Gasteiger partial charge in [0, 0.05) is 32.3 Å².